The Morgan fingerprint density at radius 3 is 1.09 bits per heavy atom. The summed E-state index contributed by atoms with van der Waals surface area (Å²) < 4.78 is 0. The SMILES string of the molecule is CC([O])=O.[CH2]CCCCCCCCCCCCCCCCC. The van der Waals surface area contributed by atoms with Gasteiger partial charge in [0.2, 0.25) is 0 Å². The zero-order valence-corrected chi connectivity index (χ0v) is 15.3. The van der Waals surface area contributed by atoms with E-state index in [1.807, 2.05) is 0 Å². The van der Waals surface area contributed by atoms with E-state index in [4.69, 9.17) is 9.90 Å². The Bertz CT molecular complexity index is 182. The summed E-state index contributed by atoms with van der Waals surface area (Å²) in [4.78, 5) is 8.89. The quantitative estimate of drug-likeness (QED) is 0.298. The first-order valence-electron chi connectivity index (χ1n) is 9.62. The molecule has 2 heteroatoms. The first-order valence-corrected chi connectivity index (χ1v) is 9.62. The summed E-state index contributed by atoms with van der Waals surface area (Å²) in [7, 11) is 0. The highest BCUT2D eigenvalue weighted by molar-refractivity contribution is 5.62. The second-order valence-electron chi connectivity index (χ2n) is 6.29. The van der Waals surface area contributed by atoms with Crippen LogP contribution in [0.3, 0.4) is 0 Å². The maximum atomic E-state index is 8.89. The van der Waals surface area contributed by atoms with E-state index in [9.17, 15) is 0 Å². The molecule has 0 aliphatic heterocycles. The average molecular weight is 313 g/mol. The number of carbonyl (C=O) groups is 1. The fraction of sp³-hybridized carbons (Fsp3) is 0.900. The third-order valence-corrected chi connectivity index (χ3v) is 3.85. The van der Waals surface area contributed by atoms with Gasteiger partial charge in [-0.2, -0.15) is 0 Å². The zero-order valence-electron chi connectivity index (χ0n) is 15.3. The molecule has 0 saturated heterocycles. The van der Waals surface area contributed by atoms with Gasteiger partial charge in [-0.25, -0.2) is 9.90 Å². The predicted octanol–water partition coefficient (Wildman–Crippen LogP) is 7.05. The Morgan fingerprint density at radius 1 is 0.636 bits per heavy atom. The maximum Gasteiger partial charge on any atom is 0.352 e. The van der Waals surface area contributed by atoms with E-state index < -0.39 is 5.97 Å². The van der Waals surface area contributed by atoms with Crippen molar-refractivity contribution in [2.24, 2.45) is 0 Å². The molecule has 0 aliphatic carbocycles. The molecule has 2 nitrogen and oxygen atoms in total. The van der Waals surface area contributed by atoms with Gasteiger partial charge in [0.1, 0.15) is 0 Å². The molecular formula is C20H40O2. The lowest BCUT2D eigenvalue weighted by atomic mass is 10.0. The number of unbranched alkanes of at least 4 members (excludes halogenated alkanes) is 15. The number of hydrogen-bond donors (Lipinski definition) is 0. The van der Waals surface area contributed by atoms with Gasteiger partial charge < -0.3 is 0 Å². The van der Waals surface area contributed by atoms with Crippen LogP contribution in [0.25, 0.3) is 0 Å². The van der Waals surface area contributed by atoms with E-state index in [0.29, 0.717) is 0 Å². The van der Waals surface area contributed by atoms with Crippen molar-refractivity contribution in [3.8, 4) is 0 Å². The monoisotopic (exact) mass is 312 g/mol. The molecule has 0 aromatic heterocycles. The summed E-state index contributed by atoms with van der Waals surface area (Å²) in [6.07, 6.45) is 22.8. The van der Waals surface area contributed by atoms with Gasteiger partial charge in [-0.3, -0.25) is 0 Å². The van der Waals surface area contributed by atoms with E-state index in [1.165, 1.54) is 96.3 Å². The molecule has 0 aromatic rings. The van der Waals surface area contributed by atoms with Crippen LogP contribution in [0.5, 0.6) is 0 Å². The van der Waals surface area contributed by atoms with Crippen LogP contribution in [0.15, 0.2) is 0 Å². The number of rotatable bonds is 15. The minimum Gasteiger partial charge on any atom is -0.248 e. The molecule has 0 saturated carbocycles. The van der Waals surface area contributed by atoms with Crippen LogP contribution in [-0.4, -0.2) is 5.97 Å². The van der Waals surface area contributed by atoms with Crippen molar-refractivity contribution in [3.63, 3.8) is 0 Å². The normalized spacial score (nSPS) is 10.1. The van der Waals surface area contributed by atoms with Crippen molar-refractivity contribution in [1.82, 2.24) is 0 Å². The van der Waals surface area contributed by atoms with Gasteiger partial charge in [0, 0.05) is 6.92 Å². The fourth-order valence-corrected chi connectivity index (χ4v) is 2.55. The van der Waals surface area contributed by atoms with E-state index in [-0.39, 0.29) is 0 Å². The van der Waals surface area contributed by atoms with Crippen LogP contribution in [0.4, 0.5) is 0 Å². The molecule has 0 heterocycles. The average Bonchev–Trinajstić information content (AvgIpc) is 2.47. The van der Waals surface area contributed by atoms with Crippen LogP contribution in [0.1, 0.15) is 117 Å². The molecule has 0 bridgehead atoms. The van der Waals surface area contributed by atoms with Crippen molar-refractivity contribution >= 4 is 5.97 Å². The Hall–Kier alpha value is -0.530. The molecule has 0 N–H and O–H groups in total. The highest BCUT2D eigenvalue weighted by Gasteiger charge is 1.93. The molecule has 22 heavy (non-hydrogen) atoms. The molecule has 0 fully saturated rings. The smallest absolute Gasteiger partial charge is 0.248 e. The Morgan fingerprint density at radius 2 is 0.864 bits per heavy atom. The minimum atomic E-state index is -1.08. The molecule has 0 atom stereocenters. The van der Waals surface area contributed by atoms with Crippen molar-refractivity contribution in [3.05, 3.63) is 6.92 Å². The van der Waals surface area contributed by atoms with Gasteiger partial charge in [0.15, 0.2) is 0 Å². The zero-order chi connectivity index (χ0) is 16.9. The summed E-state index contributed by atoms with van der Waals surface area (Å²) in [6, 6.07) is 0. The lowest BCUT2D eigenvalue weighted by Gasteiger charge is -2.03. The largest absolute Gasteiger partial charge is 0.352 e. The summed E-state index contributed by atoms with van der Waals surface area (Å²) >= 11 is 0. The summed E-state index contributed by atoms with van der Waals surface area (Å²) in [5.41, 5.74) is 0. The van der Waals surface area contributed by atoms with Gasteiger partial charge in [-0.05, 0) is 0 Å². The van der Waals surface area contributed by atoms with Crippen molar-refractivity contribution in [1.29, 1.82) is 0 Å². The molecule has 0 rings (SSSR count). The van der Waals surface area contributed by atoms with Gasteiger partial charge in [-0.1, -0.05) is 117 Å². The highest BCUT2D eigenvalue weighted by atomic mass is 16.4. The summed E-state index contributed by atoms with van der Waals surface area (Å²) in [5.74, 6) is -1.08. The van der Waals surface area contributed by atoms with Crippen molar-refractivity contribution < 1.29 is 9.90 Å². The van der Waals surface area contributed by atoms with Crippen molar-refractivity contribution in [2.75, 3.05) is 0 Å². The molecule has 0 unspecified atom stereocenters. The molecule has 2 radical (unpaired) electrons. The van der Waals surface area contributed by atoms with E-state index in [1.54, 1.807) is 0 Å². The minimum absolute atomic E-state index is 0.972. The third kappa shape index (κ3) is 31.7. The molecular weight excluding hydrogens is 272 g/mol. The summed E-state index contributed by atoms with van der Waals surface area (Å²) in [5, 5.41) is 8.89. The number of hydrogen-bond acceptors (Lipinski definition) is 1. The van der Waals surface area contributed by atoms with Crippen LogP contribution < -0.4 is 0 Å². The highest BCUT2D eigenvalue weighted by Crippen LogP contribution is 2.13. The Balaban J connectivity index is 0. The maximum absolute atomic E-state index is 8.89. The third-order valence-electron chi connectivity index (χ3n) is 3.85. The Labute approximate surface area is 140 Å². The first-order chi connectivity index (χ1) is 10.6. The second-order valence-corrected chi connectivity index (χ2v) is 6.29. The van der Waals surface area contributed by atoms with Crippen molar-refractivity contribution in [2.45, 2.75) is 117 Å². The van der Waals surface area contributed by atoms with Gasteiger partial charge in [0.05, 0.1) is 0 Å². The van der Waals surface area contributed by atoms with Crippen LogP contribution in [-0.2, 0) is 9.90 Å². The molecule has 0 aromatic carbocycles. The van der Waals surface area contributed by atoms with Crippen LogP contribution >= 0.6 is 0 Å². The topological polar surface area (TPSA) is 37.0 Å². The van der Waals surface area contributed by atoms with E-state index >= 15 is 0 Å². The second kappa shape index (κ2) is 22.7. The summed E-state index contributed by atoms with van der Waals surface area (Å²) in [6.45, 7) is 7.15. The molecule has 0 aliphatic rings. The molecule has 132 valence electrons. The standard InChI is InChI=1S/C18H37.C2H3O2/c1-3-5-7-9-11-13-15-17-18-16-14-12-10-8-6-4-2;1-2(3)4/h1,3-18H2,2H3;1H3. The molecule has 0 spiro atoms. The van der Waals surface area contributed by atoms with Crippen LogP contribution in [0, 0.1) is 6.92 Å². The van der Waals surface area contributed by atoms with Gasteiger partial charge in [-0.15, -0.1) is 0 Å². The van der Waals surface area contributed by atoms with Crippen LogP contribution in [0.2, 0.25) is 0 Å². The van der Waals surface area contributed by atoms with E-state index in [2.05, 4.69) is 13.8 Å². The number of carbonyl (C=O) groups excluding carboxylic acids is 1. The lowest BCUT2D eigenvalue weighted by Crippen LogP contribution is -1.83. The Kier molecular flexibility index (Phi) is 24.5. The molecule has 0 amide bonds. The van der Waals surface area contributed by atoms with Gasteiger partial charge >= 0.3 is 5.97 Å². The van der Waals surface area contributed by atoms with Gasteiger partial charge in [0.25, 0.3) is 0 Å². The first kappa shape index (κ1) is 23.7. The fourth-order valence-electron chi connectivity index (χ4n) is 2.55. The predicted molar refractivity (Wildman–Crippen MR) is 96.3 cm³/mol. The van der Waals surface area contributed by atoms with E-state index in [0.717, 1.165) is 13.3 Å². The lowest BCUT2D eigenvalue weighted by molar-refractivity contribution is -0.140.